The van der Waals surface area contributed by atoms with E-state index in [2.05, 4.69) is 9.59 Å². The Kier molecular flexibility index (Phi) is 1.57. The molecule has 42 valence electrons. The maximum Gasteiger partial charge on any atom is 0.502 e. The summed E-state index contributed by atoms with van der Waals surface area (Å²) in [4.78, 5) is 0. The van der Waals surface area contributed by atoms with Gasteiger partial charge in [0.05, 0.1) is 11.0 Å². The Morgan fingerprint density at radius 3 is 2.62 bits per heavy atom. The molecule has 0 fully saturated rings. The first-order valence-electron chi connectivity index (χ1n) is 1.94. The first-order valence-corrected chi connectivity index (χ1v) is 2.71. The SMILES string of the molecule is OB(O)c1cnns1. The predicted molar refractivity (Wildman–Crippen MR) is 29.7 cm³/mol. The number of aromatic nitrogens is 2. The molecule has 0 aliphatic rings. The summed E-state index contributed by atoms with van der Waals surface area (Å²) in [5.41, 5.74) is 0. The van der Waals surface area contributed by atoms with Gasteiger partial charge in [0, 0.05) is 0 Å². The van der Waals surface area contributed by atoms with Crippen LogP contribution < -0.4 is 4.78 Å². The zero-order valence-electron chi connectivity index (χ0n) is 3.85. The third kappa shape index (κ3) is 1.03. The second-order valence-electron chi connectivity index (χ2n) is 1.19. The fourth-order valence-corrected chi connectivity index (χ4v) is 0.666. The highest BCUT2D eigenvalue weighted by Crippen LogP contribution is 1.81. The van der Waals surface area contributed by atoms with Crippen LogP contribution in [0.25, 0.3) is 0 Å². The summed E-state index contributed by atoms with van der Waals surface area (Å²) < 4.78 is 3.78. The molecule has 0 aliphatic heterocycles. The zero-order chi connectivity index (χ0) is 5.98. The molecule has 4 nitrogen and oxygen atoms in total. The molecule has 1 heterocycles. The van der Waals surface area contributed by atoms with Crippen molar-refractivity contribution in [1.29, 1.82) is 0 Å². The molecule has 0 unspecified atom stereocenters. The van der Waals surface area contributed by atoms with E-state index in [0.717, 1.165) is 11.5 Å². The highest BCUT2D eigenvalue weighted by atomic mass is 32.1. The zero-order valence-corrected chi connectivity index (χ0v) is 4.67. The maximum absolute atomic E-state index is 8.40. The van der Waals surface area contributed by atoms with Crippen molar-refractivity contribution in [2.75, 3.05) is 0 Å². The lowest BCUT2D eigenvalue weighted by atomic mass is 9.91. The Hall–Kier alpha value is -0.455. The van der Waals surface area contributed by atoms with E-state index in [0.29, 0.717) is 4.78 Å². The molecule has 0 amide bonds. The first kappa shape index (κ1) is 5.68. The van der Waals surface area contributed by atoms with E-state index in [1.54, 1.807) is 0 Å². The van der Waals surface area contributed by atoms with Gasteiger partial charge in [-0.3, -0.25) is 0 Å². The van der Waals surface area contributed by atoms with Crippen molar-refractivity contribution >= 4 is 23.4 Å². The summed E-state index contributed by atoms with van der Waals surface area (Å²) in [6.07, 6.45) is 1.31. The largest absolute Gasteiger partial charge is 0.502 e. The van der Waals surface area contributed by atoms with E-state index < -0.39 is 7.12 Å². The van der Waals surface area contributed by atoms with Crippen molar-refractivity contribution < 1.29 is 10.0 Å². The van der Waals surface area contributed by atoms with Crippen LogP contribution in [0.15, 0.2) is 6.20 Å². The predicted octanol–water partition coefficient (Wildman–Crippen LogP) is -1.78. The van der Waals surface area contributed by atoms with Crippen LogP contribution in [0.5, 0.6) is 0 Å². The lowest BCUT2D eigenvalue weighted by Crippen LogP contribution is -2.26. The maximum atomic E-state index is 8.40. The molecular formula is C2H3BN2O2S. The second-order valence-corrected chi connectivity index (χ2v) is 2.01. The Labute approximate surface area is 50.1 Å². The Bertz CT molecular complexity index is 153. The standard InChI is InChI=1S/C2H3BN2O2S/c6-3(7)2-1-4-5-8-2/h1,6-7H. The van der Waals surface area contributed by atoms with Gasteiger partial charge >= 0.3 is 7.12 Å². The minimum atomic E-state index is -1.42. The molecule has 0 atom stereocenters. The molecule has 0 saturated carbocycles. The number of rotatable bonds is 1. The summed E-state index contributed by atoms with van der Waals surface area (Å²) in [6, 6.07) is 0. The smallest absolute Gasteiger partial charge is 0.423 e. The highest BCUT2D eigenvalue weighted by Gasteiger charge is 2.12. The third-order valence-corrected chi connectivity index (χ3v) is 1.34. The van der Waals surface area contributed by atoms with E-state index in [1.807, 2.05) is 0 Å². The van der Waals surface area contributed by atoms with E-state index in [-0.39, 0.29) is 0 Å². The summed E-state index contributed by atoms with van der Waals surface area (Å²) in [7, 11) is -1.42. The monoisotopic (exact) mass is 130 g/mol. The van der Waals surface area contributed by atoms with Crippen LogP contribution in [-0.4, -0.2) is 26.8 Å². The lowest BCUT2D eigenvalue weighted by Gasteiger charge is -1.84. The van der Waals surface area contributed by atoms with Gasteiger partial charge in [0.1, 0.15) is 0 Å². The average Bonchev–Trinajstić information content (AvgIpc) is 2.12. The molecule has 1 aromatic heterocycles. The molecule has 8 heavy (non-hydrogen) atoms. The molecular weight excluding hydrogens is 127 g/mol. The van der Waals surface area contributed by atoms with Crippen LogP contribution in [0.2, 0.25) is 0 Å². The van der Waals surface area contributed by atoms with Gasteiger partial charge in [-0.2, -0.15) is 0 Å². The molecule has 0 aliphatic carbocycles. The number of hydrogen-bond donors (Lipinski definition) is 2. The number of hydrogen-bond acceptors (Lipinski definition) is 5. The molecule has 0 bridgehead atoms. The third-order valence-electron chi connectivity index (χ3n) is 0.633. The van der Waals surface area contributed by atoms with E-state index in [9.17, 15) is 0 Å². The normalized spacial score (nSPS) is 9.25. The van der Waals surface area contributed by atoms with Crippen molar-refractivity contribution in [2.24, 2.45) is 0 Å². The summed E-state index contributed by atoms with van der Waals surface area (Å²) in [5.74, 6) is 0. The number of nitrogens with zero attached hydrogens (tertiary/aromatic N) is 2. The van der Waals surface area contributed by atoms with Crippen LogP contribution in [0.4, 0.5) is 0 Å². The van der Waals surface area contributed by atoms with Crippen LogP contribution in [-0.2, 0) is 0 Å². The summed E-state index contributed by atoms with van der Waals surface area (Å²) in [6.45, 7) is 0. The van der Waals surface area contributed by atoms with Crippen LogP contribution in [0.1, 0.15) is 0 Å². The van der Waals surface area contributed by atoms with Crippen molar-refractivity contribution in [3.63, 3.8) is 0 Å². The molecule has 0 spiro atoms. The molecule has 0 saturated heterocycles. The Morgan fingerprint density at radius 2 is 2.38 bits per heavy atom. The summed E-state index contributed by atoms with van der Waals surface area (Å²) in [5, 5.41) is 20.2. The Morgan fingerprint density at radius 1 is 1.62 bits per heavy atom. The highest BCUT2D eigenvalue weighted by molar-refractivity contribution is 7.16. The van der Waals surface area contributed by atoms with E-state index >= 15 is 0 Å². The molecule has 1 aromatic rings. The van der Waals surface area contributed by atoms with Crippen LogP contribution in [0.3, 0.4) is 0 Å². The molecule has 6 heteroatoms. The molecule has 2 N–H and O–H groups in total. The van der Waals surface area contributed by atoms with E-state index in [1.165, 1.54) is 6.20 Å². The van der Waals surface area contributed by atoms with Gasteiger partial charge in [-0.15, -0.1) is 5.10 Å². The van der Waals surface area contributed by atoms with Crippen molar-refractivity contribution in [1.82, 2.24) is 9.59 Å². The first-order chi connectivity index (χ1) is 3.80. The van der Waals surface area contributed by atoms with E-state index in [4.69, 9.17) is 10.0 Å². The average molecular weight is 130 g/mol. The minimum absolute atomic E-state index is 0.366. The molecule has 0 aromatic carbocycles. The van der Waals surface area contributed by atoms with Gasteiger partial charge in [-0.05, 0) is 11.5 Å². The van der Waals surface area contributed by atoms with Crippen molar-refractivity contribution in [3.8, 4) is 0 Å². The molecule has 0 radical (unpaired) electrons. The lowest BCUT2D eigenvalue weighted by molar-refractivity contribution is 0.427. The topological polar surface area (TPSA) is 66.2 Å². The van der Waals surface area contributed by atoms with Gasteiger partial charge in [0.2, 0.25) is 0 Å². The van der Waals surface area contributed by atoms with Gasteiger partial charge in [0.25, 0.3) is 0 Å². The van der Waals surface area contributed by atoms with Crippen LogP contribution >= 0.6 is 11.5 Å². The van der Waals surface area contributed by atoms with Gasteiger partial charge in [-0.1, -0.05) is 4.49 Å². The quantitative estimate of drug-likeness (QED) is 0.441. The van der Waals surface area contributed by atoms with Gasteiger partial charge in [0.15, 0.2) is 0 Å². The fraction of sp³-hybridized carbons (Fsp3) is 0. The van der Waals surface area contributed by atoms with Crippen molar-refractivity contribution in [2.45, 2.75) is 0 Å². The Balaban J connectivity index is 2.77. The van der Waals surface area contributed by atoms with Crippen LogP contribution in [0, 0.1) is 0 Å². The van der Waals surface area contributed by atoms with Gasteiger partial charge in [-0.25, -0.2) is 0 Å². The van der Waals surface area contributed by atoms with Crippen molar-refractivity contribution in [3.05, 3.63) is 6.20 Å². The molecule has 1 rings (SSSR count). The second kappa shape index (κ2) is 2.21. The fourth-order valence-electron chi connectivity index (χ4n) is 0.289. The van der Waals surface area contributed by atoms with Gasteiger partial charge < -0.3 is 10.0 Å². The summed E-state index contributed by atoms with van der Waals surface area (Å²) >= 11 is 0.970. The minimum Gasteiger partial charge on any atom is -0.423 e.